The van der Waals surface area contributed by atoms with E-state index in [1.165, 1.54) is 35.0 Å². The minimum absolute atomic E-state index is 0.158. The first kappa shape index (κ1) is 19.3. The number of hydrogen-bond acceptors (Lipinski definition) is 7. The number of halogens is 1. The zero-order valence-electron chi connectivity index (χ0n) is 15.3. The van der Waals surface area contributed by atoms with E-state index in [4.69, 9.17) is 22.1 Å². The molecule has 1 amide bonds. The lowest BCUT2D eigenvalue weighted by Gasteiger charge is -2.11. The van der Waals surface area contributed by atoms with Gasteiger partial charge in [-0.1, -0.05) is 23.4 Å². The number of carbonyl (C=O) groups excluding carboxylic acids is 1. The fraction of sp³-hybridized carbons (Fsp3) is 0.316. The highest BCUT2D eigenvalue weighted by Gasteiger charge is 2.20. The molecule has 0 saturated carbocycles. The molecule has 0 aliphatic heterocycles. The van der Waals surface area contributed by atoms with Gasteiger partial charge in [-0.15, -0.1) is 11.3 Å². The van der Waals surface area contributed by atoms with Crippen molar-refractivity contribution >= 4 is 62.3 Å². The topological polar surface area (TPSA) is 90.1 Å². The number of rotatable bonds is 5. The van der Waals surface area contributed by atoms with Crippen LogP contribution in [0.1, 0.15) is 23.3 Å². The normalized spacial score (nSPS) is 13.4. The molecule has 0 spiro atoms. The van der Waals surface area contributed by atoms with E-state index in [-0.39, 0.29) is 11.7 Å². The molecule has 0 unspecified atom stereocenters. The monoisotopic (exact) mass is 434 g/mol. The van der Waals surface area contributed by atoms with Crippen LogP contribution < -0.4 is 15.8 Å². The maximum absolute atomic E-state index is 12.4. The number of hydrogen-bond donors (Lipinski definition) is 2. The molecule has 0 bridgehead atoms. The van der Waals surface area contributed by atoms with Crippen molar-refractivity contribution in [2.75, 3.05) is 23.9 Å². The summed E-state index contributed by atoms with van der Waals surface area (Å²) < 4.78 is 5.25. The standard InChI is InChI=1S/C19H19ClN4O2S2/c1-26-13-7-6-10(20)8-12(13)22-15(25)9-27-19-23-17(21)16-11-4-2-3-5-14(11)28-18(16)24-19/h6-8H,2-5,9H2,1H3,(H,22,25)(H2,21,23,24). The van der Waals surface area contributed by atoms with Crippen LogP contribution in [0.3, 0.4) is 0 Å². The second kappa shape index (κ2) is 8.14. The molecule has 2 aromatic heterocycles. The maximum Gasteiger partial charge on any atom is 0.234 e. The minimum Gasteiger partial charge on any atom is -0.495 e. The van der Waals surface area contributed by atoms with Gasteiger partial charge in [0.15, 0.2) is 5.16 Å². The van der Waals surface area contributed by atoms with E-state index in [1.54, 1.807) is 36.6 Å². The highest BCUT2D eigenvalue weighted by Crippen LogP contribution is 2.38. The van der Waals surface area contributed by atoms with Crippen LogP contribution >= 0.6 is 34.7 Å². The van der Waals surface area contributed by atoms with Gasteiger partial charge in [-0.2, -0.15) is 0 Å². The van der Waals surface area contributed by atoms with Crippen LogP contribution in [0.15, 0.2) is 23.4 Å². The molecule has 0 atom stereocenters. The highest BCUT2D eigenvalue weighted by molar-refractivity contribution is 7.99. The summed E-state index contributed by atoms with van der Waals surface area (Å²) in [7, 11) is 1.54. The molecule has 0 fully saturated rings. The average molecular weight is 435 g/mol. The predicted molar refractivity (Wildman–Crippen MR) is 116 cm³/mol. The molecular formula is C19H19ClN4O2S2. The number of carbonyl (C=O) groups is 1. The Kier molecular flexibility index (Phi) is 5.61. The first-order chi connectivity index (χ1) is 13.5. The minimum atomic E-state index is -0.196. The molecule has 1 aliphatic rings. The zero-order chi connectivity index (χ0) is 19.7. The molecule has 9 heteroatoms. The second-order valence-corrected chi connectivity index (χ2v) is 8.93. The number of nitrogens with one attached hydrogen (secondary N) is 1. The fourth-order valence-corrected chi connectivity index (χ4v) is 5.47. The van der Waals surface area contributed by atoms with Gasteiger partial charge in [0.05, 0.1) is 23.9 Å². The van der Waals surface area contributed by atoms with Crippen molar-refractivity contribution in [1.82, 2.24) is 9.97 Å². The molecule has 4 rings (SSSR count). The van der Waals surface area contributed by atoms with E-state index >= 15 is 0 Å². The Hall–Kier alpha value is -2.03. The molecule has 0 radical (unpaired) electrons. The van der Waals surface area contributed by atoms with Gasteiger partial charge in [0, 0.05) is 9.90 Å². The third-order valence-electron chi connectivity index (χ3n) is 4.59. The van der Waals surface area contributed by atoms with Crippen LogP contribution in [0.4, 0.5) is 11.5 Å². The molecule has 3 N–H and O–H groups in total. The molecule has 2 heterocycles. The summed E-state index contributed by atoms with van der Waals surface area (Å²) in [6.07, 6.45) is 4.52. The number of nitrogen functional groups attached to an aromatic ring is 1. The molecule has 28 heavy (non-hydrogen) atoms. The van der Waals surface area contributed by atoms with Gasteiger partial charge in [-0.05, 0) is 49.4 Å². The van der Waals surface area contributed by atoms with Crippen LogP contribution in [-0.4, -0.2) is 28.7 Å². The van der Waals surface area contributed by atoms with E-state index in [1.807, 2.05) is 0 Å². The number of thiophene rings is 1. The van der Waals surface area contributed by atoms with Crippen molar-refractivity contribution in [1.29, 1.82) is 0 Å². The van der Waals surface area contributed by atoms with Crippen molar-refractivity contribution in [2.24, 2.45) is 0 Å². The molecular weight excluding hydrogens is 416 g/mol. The van der Waals surface area contributed by atoms with E-state index in [0.29, 0.717) is 27.4 Å². The van der Waals surface area contributed by atoms with Crippen LogP contribution in [0.2, 0.25) is 5.02 Å². The average Bonchev–Trinajstić information content (AvgIpc) is 3.05. The van der Waals surface area contributed by atoms with Gasteiger partial charge in [0.25, 0.3) is 0 Å². The molecule has 3 aromatic rings. The largest absolute Gasteiger partial charge is 0.495 e. The number of nitrogens with zero attached hydrogens (tertiary/aromatic N) is 2. The van der Waals surface area contributed by atoms with Crippen molar-refractivity contribution in [3.05, 3.63) is 33.7 Å². The Morgan fingerprint density at radius 1 is 1.36 bits per heavy atom. The van der Waals surface area contributed by atoms with Crippen molar-refractivity contribution in [3.8, 4) is 5.75 Å². The molecule has 1 aromatic carbocycles. The lowest BCUT2D eigenvalue weighted by molar-refractivity contribution is -0.113. The van der Waals surface area contributed by atoms with Crippen LogP contribution in [-0.2, 0) is 17.6 Å². The van der Waals surface area contributed by atoms with E-state index in [9.17, 15) is 4.79 Å². The quantitative estimate of drug-likeness (QED) is 0.452. The summed E-state index contributed by atoms with van der Waals surface area (Å²) >= 11 is 8.96. The third kappa shape index (κ3) is 3.90. The number of ether oxygens (including phenoxy) is 1. The van der Waals surface area contributed by atoms with Gasteiger partial charge < -0.3 is 15.8 Å². The fourth-order valence-electron chi connectivity index (χ4n) is 3.32. The summed E-state index contributed by atoms with van der Waals surface area (Å²) in [6, 6.07) is 5.07. The number of benzene rings is 1. The first-order valence-electron chi connectivity index (χ1n) is 8.89. The molecule has 0 saturated heterocycles. The van der Waals surface area contributed by atoms with Crippen LogP contribution in [0.25, 0.3) is 10.2 Å². The number of fused-ring (bicyclic) bond motifs is 3. The smallest absolute Gasteiger partial charge is 0.234 e. The van der Waals surface area contributed by atoms with Crippen molar-refractivity contribution in [2.45, 2.75) is 30.8 Å². The van der Waals surface area contributed by atoms with Crippen LogP contribution in [0.5, 0.6) is 5.75 Å². The van der Waals surface area contributed by atoms with E-state index in [0.717, 1.165) is 23.1 Å². The molecule has 6 nitrogen and oxygen atoms in total. The SMILES string of the molecule is COc1ccc(Cl)cc1NC(=O)CSc1nc(N)c2c3c(sc2n1)CCCC3. The van der Waals surface area contributed by atoms with Gasteiger partial charge in [0.2, 0.25) is 5.91 Å². The van der Waals surface area contributed by atoms with E-state index in [2.05, 4.69) is 15.3 Å². The third-order valence-corrected chi connectivity index (χ3v) is 6.86. The van der Waals surface area contributed by atoms with Gasteiger partial charge in [-0.3, -0.25) is 4.79 Å². The number of aryl methyl sites for hydroxylation is 2. The number of methoxy groups -OCH3 is 1. The van der Waals surface area contributed by atoms with E-state index < -0.39 is 0 Å². The van der Waals surface area contributed by atoms with Gasteiger partial charge in [0.1, 0.15) is 16.4 Å². The number of nitrogens with two attached hydrogens (primary N) is 1. The highest BCUT2D eigenvalue weighted by atomic mass is 35.5. The summed E-state index contributed by atoms with van der Waals surface area (Å²) in [5.74, 6) is 1.02. The number of anilines is 2. The van der Waals surface area contributed by atoms with Crippen molar-refractivity contribution < 1.29 is 9.53 Å². The summed E-state index contributed by atoms with van der Waals surface area (Å²) in [5.41, 5.74) is 8.06. The molecule has 146 valence electrons. The Bertz CT molecular complexity index is 1050. The second-order valence-electron chi connectivity index (χ2n) is 6.46. The molecule has 1 aliphatic carbocycles. The Morgan fingerprint density at radius 2 is 2.18 bits per heavy atom. The van der Waals surface area contributed by atoms with Crippen molar-refractivity contribution in [3.63, 3.8) is 0 Å². The Morgan fingerprint density at radius 3 is 3.00 bits per heavy atom. The Balaban J connectivity index is 1.48. The van der Waals surface area contributed by atoms with Gasteiger partial charge in [-0.25, -0.2) is 9.97 Å². The van der Waals surface area contributed by atoms with Crippen LogP contribution in [0, 0.1) is 0 Å². The van der Waals surface area contributed by atoms with Gasteiger partial charge >= 0.3 is 0 Å². The number of amides is 1. The maximum atomic E-state index is 12.4. The lowest BCUT2D eigenvalue weighted by atomic mass is 9.97. The summed E-state index contributed by atoms with van der Waals surface area (Å²) in [6.45, 7) is 0. The predicted octanol–water partition coefficient (Wildman–Crippen LogP) is 4.55. The first-order valence-corrected chi connectivity index (χ1v) is 11.1. The summed E-state index contributed by atoms with van der Waals surface area (Å²) in [4.78, 5) is 23.7. The zero-order valence-corrected chi connectivity index (χ0v) is 17.6. The lowest BCUT2D eigenvalue weighted by Crippen LogP contribution is -2.15. The Labute approximate surface area is 175 Å². The number of thioether (sulfide) groups is 1. The number of aromatic nitrogens is 2. The summed E-state index contributed by atoms with van der Waals surface area (Å²) in [5, 5.41) is 4.84.